The van der Waals surface area contributed by atoms with Crippen molar-refractivity contribution in [2.24, 2.45) is 11.5 Å². The zero-order valence-electron chi connectivity index (χ0n) is 4.68. The summed E-state index contributed by atoms with van der Waals surface area (Å²) in [4.78, 5) is 9.72. The molecule has 0 aromatic heterocycles. The number of hydrogen-bond donors (Lipinski definition) is 2. The van der Waals surface area contributed by atoms with Crippen LogP contribution in [0.5, 0.6) is 0 Å². The van der Waals surface area contributed by atoms with Gasteiger partial charge in [-0.05, 0) is 0 Å². The molecule has 0 spiro atoms. The van der Waals surface area contributed by atoms with Crippen LogP contribution in [-0.4, -0.2) is 18.1 Å². The average molecular weight is 179 g/mol. The predicted octanol–water partition coefficient (Wildman–Crippen LogP) is -0.217. The standard InChI is InChI=1S/C3H5F3N2O.ClH/c4-3(5,6)1(7)2(8)9;/h1H,7H2,(H2,8,9);1H. The Kier molecular flexibility index (Phi) is 4.42. The molecule has 1 amide bonds. The van der Waals surface area contributed by atoms with Crippen LogP contribution in [0.1, 0.15) is 0 Å². The van der Waals surface area contributed by atoms with Gasteiger partial charge in [-0.3, -0.25) is 4.79 Å². The van der Waals surface area contributed by atoms with E-state index in [2.05, 4.69) is 11.5 Å². The molecule has 7 heteroatoms. The maximum atomic E-state index is 11.3. The molecule has 0 heterocycles. The van der Waals surface area contributed by atoms with Crippen molar-refractivity contribution < 1.29 is 18.0 Å². The fraction of sp³-hybridized carbons (Fsp3) is 0.667. The van der Waals surface area contributed by atoms with Crippen molar-refractivity contribution >= 4 is 18.3 Å². The Balaban J connectivity index is 0. The van der Waals surface area contributed by atoms with Gasteiger partial charge in [-0.2, -0.15) is 13.2 Å². The first-order valence-electron chi connectivity index (χ1n) is 1.97. The lowest BCUT2D eigenvalue weighted by Crippen LogP contribution is -2.47. The third-order valence-corrected chi connectivity index (χ3v) is 0.659. The number of carbonyl (C=O) groups is 1. The highest BCUT2D eigenvalue weighted by Gasteiger charge is 2.40. The maximum Gasteiger partial charge on any atom is 0.412 e. The lowest BCUT2D eigenvalue weighted by Gasteiger charge is -2.10. The normalized spacial score (nSPS) is 13.6. The van der Waals surface area contributed by atoms with Gasteiger partial charge in [0.25, 0.3) is 0 Å². The second kappa shape index (κ2) is 3.62. The Labute approximate surface area is 61.0 Å². The first-order valence-corrected chi connectivity index (χ1v) is 1.97. The van der Waals surface area contributed by atoms with Crippen LogP contribution < -0.4 is 11.5 Å². The van der Waals surface area contributed by atoms with E-state index in [0.717, 1.165) is 0 Å². The molecule has 0 saturated carbocycles. The molecule has 0 aromatic carbocycles. The van der Waals surface area contributed by atoms with Crippen LogP contribution in [0.3, 0.4) is 0 Å². The summed E-state index contributed by atoms with van der Waals surface area (Å²) in [6, 6.07) is -2.54. The maximum absolute atomic E-state index is 11.3. The van der Waals surface area contributed by atoms with Crippen molar-refractivity contribution in [1.29, 1.82) is 0 Å². The first-order chi connectivity index (χ1) is 3.85. The number of carbonyl (C=O) groups excluding carboxylic acids is 1. The topological polar surface area (TPSA) is 69.1 Å². The third kappa shape index (κ3) is 3.52. The van der Waals surface area contributed by atoms with E-state index in [9.17, 15) is 18.0 Å². The molecule has 4 N–H and O–H groups in total. The van der Waals surface area contributed by atoms with Crippen LogP contribution in [-0.2, 0) is 4.79 Å². The number of hydrogen-bond acceptors (Lipinski definition) is 2. The van der Waals surface area contributed by atoms with Gasteiger partial charge >= 0.3 is 6.18 Å². The van der Waals surface area contributed by atoms with E-state index in [1.165, 1.54) is 0 Å². The van der Waals surface area contributed by atoms with Crippen LogP contribution in [0.2, 0.25) is 0 Å². The minimum atomic E-state index is -4.72. The Bertz CT molecular complexity index is 125. The SMILES string of the molecule is Cl.NC(=O)C(N)C(F)(F)F. The van der Waals surface area contributed by atoms with Gasteiger partial charge in [0, 0.05) is 0 Å². The molecule has 1 atom stereocenters. The van der Waals surface area contributed by atoms with Crippen LogP contribution in [0.4, 0.5) is 13.2 Å². The van der Waals surface area contributed by atoms with E-state index >= 15 is 0 Å². The Hall–Kier alpha value is -0.490. The summed E-state index contributed by atoms with van der Waals surface area (Å²) >= 11 is 0. The molecule has 0 fully saturated rings. The second-order valence-corrected chi connectivity index (χ2v) is 1.42. The van der Waals surface area contributed by atoms with Crippen molar-refractivity contribution in [1.82, 2.24) is 0 Å². The van der Waals surface area contributed by atoms with Crippen molar-refractivity contribution in [2.45, 2.75) is 12.2 Å². The quantitative estimate of drug-likeness (QED) is 0.583. The molecule has 0 bridgehead atoms. The molecule has 10 heavy (non-hydrogen) atoms. The molecule has 3 nitrogen and oxygen atoms in total. The van der Waals surface area contributed by atoms with E-state index in [1.807, 2.05) is 0 Å². The predicted molar refractivity (Wildman–Crippen MR) is 30.5 cm³/mol. The molecular formula is C3H6ClF3N2O. The van der Waals surface area contributed by atoms with Crippen molar-refractivity contribution in [3.05, 3.63) is 0 Å². The highest BCUT2D eigenvalue weighted by atomic mass is 35.5. The Morgan fingerprint density at radius 3 is 1.70 bits per heavy atom. The Morgan fingerprint density at radius 1 is 1.40 bits per heavy atom. The minimum absolute atomic E-state index is 0. The molecule has 0 aromatic rings. The number of amides is 1. The monoisotopic (exact) mass is 178 g/mol. The van der Waals surface area contributed by atoms with Crippen LogP contribution in [0, 0.1) is 0 Å². The number of halogens is 4. The molecule has 0 aliphatic heterocycles. The van der Waals surface area contributed by atoms with Gasteiger partial charge in [0.1, 0.15) is 0 Å². The average Bonchev–Trinajstić information content (AvgIpc) is 1.62. The number of rotatable bonds is 1. The van der Waals surface area contributed by atoms with Gasteiger partial charge in [-0.25, -0.2) is 0 Å². The summed E-state index contributed by atoms with van der Waals surface area (Å²) in [5, 5.41) is 0. The zero-order valence-corrected chi connectivity index (χ0v) is 5.50. The van der Waals surface area contributed by atoms with E-state index in [4.69, 9.17) is 0 Å². The van der Waals surface area contributed by atoms with Gasteiger partial charge in [0.05, 0.1) is 0 Å². The van der Waals surface area contributed by atoms with Crippen LogP contribution in [0.25, 0.3) is 0 Å². The van der Waals surface area contributed by atoms with Gasteiger partial charge in [0.2, 0.25) is 5.91 Å². The Morgan fingerprint density at radius 2 is 1.70 bits per heavy atom. The molecule has 0 rings (SSSR count). The van der Waals surface area contributed by atoms with Gasteiger partial charge < -0.3 is 11.5 Å². The fourth-order valence-electron chi connectivity index (χ4n) is 0.161. The van der Waals surface area contributed by atoms with E-state index in [1.54, 1.807) is 0 Å². The third-order valence-electron chi connectivity index (χ3n) is 0.659. The second-order valence-electron chi connectivity index (χ2n) is 1.42. The van der Waals surface area contributed by atoms with Crippen molar-refractivity contribution in [2.75, 3.05) is 0 Å². The van der Waals surface area contributed by atoms with E-state index < -0.39 is 18.1 Å². The summed E-state index contributed by atoms with van der Waals surface area (Å²) < 4.78 is 33.8. The largest absolute Gasteiger partial charge is 0.412 e. The molecule has 0 saturated heterocycles. The summed E-state index contributed by atoms with van der Waals surface area (Å²) in [6.07, 6.45) is -4.72. The van der Waals surface area contributed by atoms with Gasteiger partial charge in [-0.15, -0.1) is 12.4 Å². The zero-order chi connectivity index (χ0) is 7.65. The summed E-state index contributed by atoms with van der Waals surface area (Å²) in [5.74, 6) is -1.57. The van der Waals surface area contributed by atoms with E-state index in [-0.39, 0.29) is 12.4 Å². The highest BCUT2D eigenvalue weighted by molar-refractivity contribution is 5.85. The number of primary amides is 1. The van der Waals surface area contributed by atoms with Crippen molar-refractivity contribution in [3.63, 3.8) is 0 Å². The molecular weight excluding hydrogens is 172 g/mol. The number of alkyl halides is 3. The first kappa shape index (κ1) is 12.2. The lowest BCUT2D eigenvalue weighted by molar-refractivity contribution is -0.160. The fourth-order valence-corrected chi connectivity index (χ4v) is 0.161. The summed E-state index contributed by atoms with van der Waals surface area (Å²) in [6.45, 7) is 0. The van der Waals surface area contributed by atoms with Gasteiger partial charge in [-0.1, -0.05) is 0 Å². The molecule has 0 radical (unpaired) electrons. The van der Waals surface area contributed by atoms with Crippen molar-refractivity contribution in [3.8, 4) is 0 Å². The van der Waals surface area contributed by atoms with Crippen LogP contribution >= 0.6 is 12.4 Å². The summed E-state index contributed by atoms with van der Waals surface area (Å²) in [5.41, 5.74) is 8.53. The van der Waals surface area contributed by atoms with Crippen LogP contribution in [0.15, 0.2) is 0 Å². The smallest absolute Gasteiger partial charge is 0.368 e. The highest BCUT2D eigenvalue weighted by Crippen LogP contribution is 2.17. The van der Waals surface area contributed by atoms with Gasteiger partial charge in [0.15, 0.2) is 6.04 Å². The van der Waals surface area contributed by atoms with E-state index in [0.29, 0.717) is 0 Å². The molecule has 1 unspecified atom stereocenters. The minimum Gasteiger partial charge on any atom is -0.368 e. The molecule has 62 valence electrons. The lowest BCUT2D eigenvalue weighted by atomic mass is 10.3. The molecule has 0 aliphatic carbocycles. The number of nitrogens with two attached hydrogens (primary N) is 2. The molecule has 0 aliphatic rings. The summed E-state index contributed by atoms with van der Waals surface area (Å²) in [7, 11) is 0.